The Bertz CT molecular complexity index is 940. The molecule has 0 amide bonds. The molecule has 0 fully saturated rings. The van der Waals surface area contributed by atoms with Crippen LogP contribution in [0.4, 0.5) is 10.1 Å². The first-order valence-corrected chi connectivity index (χ1v) is 8.82. The van der Waals surface area contributed by atoms with Crippen LogP contribution in [0.2, 0.25) is 0 Å². The SMILES string of the molecule is Cc1ccc2c(c1)CC(C)N(c1ccc(C(=O)O)cc1F)S2(=O)=O. The Hall–Kier alpha value is -2.41. The van der Waals surface area contributed by atoms with Crippen molar-refractivity contribution in [3.63, 3.8) is 0 Å². The fraction of sp³-hybridized carbons (Fsp3) is 0.235. The Labute approximate surface area is 139 Å². The molecule has 1 aliphatic heterocycles. The van der Waals surface area contributed by atoms with Crippen molar-refractivity contribution in [1.82, 2.24) is 0 Å². The Balaban J connectivity index is 2.15. The van der Waals surface area contributed by atoms with Gasteiger partial charge in [-0.15, -0.1) is 0 Å². The van der Waals surface area contributed by atoms with Crippen LogP contribution in [-0.2, 0) is 16.4 Å². The molecule has 1 heterocycles. The zero-order chi connectivity index (χ0) is 17.6. The molecule has 1 aliphatic rings. The molecule has 0 bridgehead atoms. The molecular formula is C17H16FNO4S. The number of anilines is 1. The molecule has 2 aromatic carbocycles. The summed E-state index contributed by atoms with van der Waals surface area (Å²) < 4.78 is 41.3. The molecule has 1 atom stereocenters. The minimum absolute atomic E-state index is 0.140. The Morgan fingerprint density at radius 2 is 1.96 bits per heavy atom. The number of halogens is 1. The van der Waals surface area contributed by atoms with Crippen LogP contribution in [0.15, 0.2) is 41.3 Å². The van der Waals surface area contributed by atoms with Gasteiger partial charge in [-0.1, -0.05) is 17.7 Å². The molecule has 7 heteroatoms. The molecule has 24 heavy (non-hydrogen) atoms. The number of benzene rings is 2. The number of fused-ring (bicyclic) bond motifs is 1. The molecule has 5 nitrogen and oxygen atoms in total. The topological polar surface area (TPSA) is 74.7 Å². The second-order valence-electron chi connectivity index (χ2n) is 5.94. The highest BCUT2D eigenvalue weighted by Crippen LogP contribution is 2.36. The summed E-state index contributed by atoms with van der Waals surface area (Å²) in [5.74, 6) is -2.14. The summed E-state index contributed by atoms with van der Waals surface area (Å²) in [5, 5.41) is 8.92. The van der Waals surface area contributed by atoms with E-state index < -0.39 is 27.9 Å². The van der Waals surface area contributed by atoms with E-state index >= 15 is 0 Å². The average Bonchev–Trinajstić information content (AvgIpc) is 2.47. The van der Waals surface area contributed by atoms with Crippen molar-refractivity contribution in [3.05, 3.63) is 58.9 Å². The number of sulfonamides is 1. The summed E-state index contributed by atoms with van der Waals surface area (Å²) in [6, 6.07) is 7.82. The highest BCUT2D eigenvalue weighted by molar-refractivity contribution is 7.93. The van der Waals surface area contributed by atoms with Crippen molar-refractivity contribution in [2.45, 2.75) is 31.2 Å². The zero-order valence-corrected chi connectivity index (χ0v) is 14.0. The van der Waals surface area contributed by atoms with E-state index in [2.05, 4.69) is 0 Å². The van der Waals surface area contributed by atoms with Crippen LogP contribution < -0.4 is 4.31 Å². The number of aryl methyl sites for hydroxylation is 1. The minimum atomic E-state index is -3.91. The lowest BCUT2D eigenvalue weighted by Gasteiger charge is -2.36. The van der Waals surface area contributed by atoms with Gasteiger partial charge in [0, 0.05) is 6.04 Å². The number of carboxylic acids is 1. The van der Waals surface area contributed by atoms with Gasteiger partial charge in [-0.25, -0.2) is 17.6 Å². The second-order valence-corrected chi connectivity index (χ2v) is 7.72. The van der Waals surface area contributed by atoms with E-state index in [1.807, 2.05) is 13.0 Å². The summed E-state index contributed by atoms with van der Waals surface area (Å²) >= 11 is 0. The fourth-order valence-corrected chi connectivity index (χ4v) is 4.93. The predicted octanol–water partition coefficient (Wildman–Crippen LogP) is 2.97. The third kappa shape index (κ3) is 2.54. The van der Waals surface area contributed by atoms with E-state index in [1.54, 1.807) is 13.0 Å². The van der Waals surface area contributed by atoms with Crippen LogP contribution in [0.25, 0.3) is 0 Å². The smallest absolute Gasteiger partial charge is 0.335 e. The number of carboxylic acid groups (broad SMARTS) is 1. The Kier molecular flexibility index (Phi) is 3.83. The third-order valence-electron chi connectivity index (χ3n) is 4.10. The molecule has 3 rings (SSSR count). The van der Waals surface area contributed by atoms with Gasteiger partial charge >= 0.3 is 5.97 Å². The second kappa shape index (κ2) is 5.59. The van der Waals surface area contributed by atoms with Gasteiger partial charge in [-0.2, -0.15) is 0 Å². The normalized spacial score (nSPS) is 19.0. The van der Waals surface area contributed by atoms with Crippen LogP contribution in [-0.4, -0.2) is 25.5 Å². The van der Waals surface area contributed by atoms with Crippen molar-refractivity contribution in [1.29, 1.82) is 0 Å². The van der Waals surface area contributed by atoms with Gasteiger partial charge in [0.05, 0.1) is 16.1 Å². The lowest BCUT2D eigenvalue weighted by Crippen LogP contribution is -2.44. The first kappa shape index (κ1) is 16.4. The van der Waals surface area contributed by atoms with Gasteiger partial charge in [-0.05, 0) is 50.1 Å². The third-order valence-corrected chi connectivity index (χ3v) is 6.13. The number of hydrogen-bond donors (Lipinski definition) is 1. The van der Waals surface area contributed by atoms with Crippen LogP contribution in [0.3, 0.4) is 0 Å². The first-order valence-electron chi connectivity index (χ1n) is 7.38. The van der Waals surface area contributed by atoms with Crippen LogP contribution >= 0.6 is 0 Å². The first-order chi connectivity index (χ1) is 11.2. The number of rotatable bonds is 2. The molecule has 126 valence electrons. The highest BCUT2D eigenvalue weighted by atomic mass is 32.2. The van der Waals surface area contributed by atoms with Crippen molar-refractivity contribution in [2.75, 3.05) is 4.31 Å². The molecule has 1 unspecified atom stereocenters. The molecule has 1 N–H and O–H groups in total. The molecule has 2 aromatic rings. The maximum absolute atomic E-state index is 14.4. The van der Waals surface area contributed by atoms with E-state index in [0.29, 0.717) is 12.0 Å². The van der Waals surface area contributed by atoms with Crippen molar-refractivity contribution in [3.8, 4) is 0 Å². The van der Waals surface area contributed by atoms with Crippen molar-refractivity contribution >= 4 is 21.7 Å². The molecule has 0 aromatic heterocycles. The number of hydrogen-bond acceptors (Lipinski definition) is 3. The van der Waals surface area contributed by atoms with Crippen molar-refractivity contribution in [2.24, 2.45) is 0 Å². The van der Waals surface area contributed by atoms with Crippen molar-refractivity contribution < 1.29 is 22.7 Å². The van der Waals surface area contributed by atoms with E-state index in [0.717, 1.165) is 15.9 Å². The molecule has 0 spiro atoms. The van der Waals surface area contributed by atoms with Gasteiger partial charge in [0.1, 0.15) is 5.82 Å². The van der Waals surface area contributed by atoms with Crippen LogP contribution in [0.5, 0.6) is 0 Å². The molecule has 0 saturated heterocycles. The minimum Gasteiger partial charge on any atom is -0.478 e. The lowest BCUT2D eigenvalue weighted by molar-refractivity contribution is 0.0696. The van der Waals surface area contributed by atoms with Crippen LogP contribution in [0, 0.1) is 12.7 Å². The number of aromatic carboxylic acids is 1. The van der Waals surface area contributed by atoms with Gasteiger partial charge < -0.3 is 5.11 Å². The Morgan fingerprint density at radius 3 is 2.58 bits per heavy atom. The van der Waals surface area contributed by atoms with Gasteiger partial charge in [0.2, 0.25) is 0 Å². The summed E-state index contributed by atoms with van der Waals surface area (Å²) in [5.41, 5.74) is 1.30. The molecule has 0 aliphatic carbocycles. The summed E-state index contributed by atoms with van der Waals surface area (Å²) in [7, 11) is -3.91. The summed E-state index contributed by atoms with van der Waals surface area (Å²) in [6.07, 6.45) is 0.455. The molecular weight excluding hydrogens is 333 g/mol. The van der Waals surface area contributed by atoms with E-state index in [-0.39, 0.29) is 16.1 Å². The monoisotopic (exact) mass is 349 g/mol. The number of nitrogens with zero attached hydrogens (tertiary/aromatic N) is 1. The summed E-state index contributed by atoms with van der Waals surface area (Å²) in [4.78, 5) is 11.1. The number of carbonyl (C=O) groups is 1. The quantitative estimate of drug-likeness (QED) is 0.904. The van der Waals surface area contributed by atoms with Gasteiger partial charge in [0.25, 0.3) is 10.0 Å². The molecule has 0 saturated carbocycles. The maximum atomic E-state index is 14.4. The largest absolute Gasteiger partial charge is 0.478 e. The van der Waals surface area contributed by atoms with E-state index in [1.165, 1.54) is 18.2 Å². The maximum Gasteiger partial charge on any atom is 0.335 e. The van der Waals surface area contributed by atoms with Crippen LogP contribution in [0.1, 0.15) is 28.4 Å². The highest BCUT2D eigenvalue weighted by Gasteiger charge is 2.37. The van der Waals surface area contributed by atoms with Gasteiger partial charge in [-0.3, -0.25) is 4.31 Å². The lowest BCUT2D eigenvalue weighted by atomic mass is 10.0. The predicted molar refractivity (Wildman–Crippen MR) is 87.4 cm³/mol. The zero-order valence-electron chi connectivity index (χ0n) is 13.2. The fourth-order valence-electron chi connectivity index (χ4n) is 3.05. The summed E-state index contributed by atoms with van der Waals surface area (Å²) in [6.45, 7) is 3.58. The van der Waals surface area contributed by atoms with E-state index in [4.69, 9.17) is 5.11 Å². The standard InChI is InChI=1S/C17H16FNO4S/c1-10-3-6-16-13(7-10)8-11(2)19(24(16,22)23)15-5-4-12(17(20)21)9-14(15)18/h3-7,9,11H,8H2,1-2H3,(H,20,21). The van der Waals surface area contributed by atoms with Gasteiger partial charge in [0.15, 0.2) is 0 Å². The van der Waals surface area contributed by atoms with E-state index in [9.17, 15) is 17.6 Å². The molecule has 0 radical (unpaired) electrons. The average molecular weight is 349 g/mol. The Morgan fingerprint density at radius 1 is 1.25 bits per heavy atom.